The van der Waals surface area contributed by atoms with Gasteiger partial charge in [-0.25, -0.2) is 0 Å². The van der Waals surface area contributed by atoms with Crippen LogP contribution in [-0.2, 0) is 0 Å². The monoisotopic (exact) mass is 279 g/mol. The number of benzene rings is 1. The minimum atomic E-state index is -0.388. The first-order valence-electron chi connectivity index (χ1n) is 4.95. The normalized spacial score (nSPS) is 9.56. The number of aromatic nitrogens is 2. The number of hydrogen-bond acceptors (Lipinski definition) is 5. The van der Waals surface area contributed by atoms with Gasteiger partial charge in [-0.05, 0) is 35.9 Å². The van der Waals surface area contributed by atoms with Crippen molar-refractivity contribution in [2.75, 3.05) is 5.32 Å². The number of hydrogen-bond donors (Lipinski definition) is 3. The summed E-state index contributed by atoms with van der Waals surface area (Å²) in [7, 11) is 0. The molecule has 8 heteroatoms. The van der Waals surface area contributed by atoms with E-state index in [9.17, 15) is 4.79 Å². The topological polar surface area (TPSA) is 78.9 Å². The van der Waals surface area contributed by atoms with E-state index in [0.29, 0.717) is 0 Å². The number of para-hydroxylation sites is 1. The Bertz CT molecular complexity index is 528. The smallest absolute Gasteiger partial charge is 0.291 e. The van der Waals surface area contributed by atoms with E-state index in [2.05, 4.69) is 25.8 Å². The summed E-state index contributed by atoms with van der Waals surface area (Å²) in [4.78, 5) is 11.5. The van der Waals surface area contributed by atoms with Crippen molar-refractivity contribution in [2.24, 2.45) is 0 Å². The summed E-state index contributed by atoms with van der Waals surface area (Å²) in [5.74, 6) is -0.388. The molecule has 2 rings (SSSR count). The number of hydrazine groups is 1. The zero-order chi connectivity index (χ0) is 12.8. The van der Waals surface area contributed by atoms with Gasteiger partial charge in [0, 0.05) is 11.1 Å². The molecule has 0 radical (unpaired) electrons. The minimum Gasteiger partial charge on any atom is -0.331 e. The Morgan fingerprint density at radius 2 is 2.00 bits per heavy atom. The van der Waals surface area contributed by atoms with Crippen molar-refractivity contribution in [1.82, 2.24) is 20.4 Å². The van der Waals surface area contributed by atoms with Crippen molar-refractivity contribution >= 4 is 40.5 Å². The van der Waals surface area contributed by atoms with Gasteiger partial charge in [0.2, 0.25) is 0 Å². The molecule has 0 bridgehead atoms. The molecule has 0 aliphatic carbocycles. The fourth-order valence-corrected chi connectivity index (χ4v) is 1.73. The second kappa shape index (κ2) is 6.03. The average molecular weight is 279 g/mol. The van der Waals surface area contributed by atoms with Gasteiger partial charge in [-0.15, -0.1) is 5.10 Å². The van der Waals surface area contributed by atoms with E-state index in [1.165, 1.54) is 0 Å². The molecule has 0 aliphatic heterocycles. The SMILES string of the molecule is O=C(NNC(=S)Nc1ccccc1)c1csnn1. The molecular weight excluding hydrogens is 270 g/mol. The molecule has 0 saturated heterocycles. The van der Waals surface area contributed by atoms with Crippen molar-refractivity contribution in [2.45, 2.75) is 0 Å². The number of rotatable bonds is 2. The van der Waals surface area contributed by atoms with Gasteiger partial charge in [0.1, 0.15) is 0 Å². The van der Waals surface area contributed by atoms with Crippen molar-refractivity contribution in [3.05, 3.63) is 41.4 Å². The van der Waals surface area contributed by atoms with Crippen LogP contribution in [-0.4, -0.2) is 20.6 Å². The van der Waals surface area contributed by atoms with Crippen LogP contribution < -0.4 is 16.2 Å². The highest BCUT2D eigenvalue weighted by Gasteiger charge is 2.08. The van der Waals surface area contributed by atoms with Crippen LogP contribution in [0.25, 0.3) is 0 Å². The van der Waals surface area contributed by atoms with E-state index < -0.39 is 0 Å². The van der Waals surface area contributed by atoms with Crippen molar-refractivity contribution in [3.8, 4) is 0 Å². The summed E-state index contributed by atoms with van der Waals surface area (Å²) in [6, 6.07) is 9.38. The minimum absolute atomic E-state index is 0.245. The highest BCUT2D eigenvalue weighted by Crippen LogP contribution is 2.04. The molecule has 1 heterocycles. The van der Waals surface area contributed by atoms with Crippen LogP contribution in [0.1, 0.15) is 10.5 Å². The number of carbonyl (C=O) groups is 1. The standard InChI is InChI=1S/C10H9N5OS2/c16-9(8-6-18-15-12-8)13-14-10(17)11-7-4-2-1-3-5-7/h1-6H,(H,13,16)(H2,11,14,17). The Balaban J connectivity index is 1.80. The first-order valence-corrected chi connectivity index (χ1v) is 6.19. The number of carbonyl (C=O) groups excluding carboxylic acids is 1. The molecule has 0 atom stereocenters. The Morgan fingerprint density at radius 3 is 2.67 bits per heavy atom. The molecule has 0 spiro atoms. The van der Waals surface area contributed by atoms with E-state index in [-0.39, 0.29) is 16.7 Å². The quantitative estimate of drug-likeness (QED) is 0.566. The zero-order valence-electron chi connectivity index (χ0n) is 9.08. The number of anilines is 1. The maximum Gasteiger partial charge on any atom is 0.291 e. The summed E-state index contributed by atoms with van der Waals surface area (Å²) in [5, 5.41) is 8.38. The van der Waals surface area contributed by atoms with Crippen LogP contribution in [0.4, 0.5) is 5.69 Å². The molecule has 6 nitrogen and oxygen atoms in total. The van der Waals surface area contributed by atoms with Crippen LogP contribution >= 0.6 is 23.8 Å². The van der Waals surface area contributed by atoms with E-state index in [1.807, 2.05) is 30.3 Å². The fraction of sp³-hybridized carbons (Fsp3) is 0. The van der Waals surface area contributed by atoms with E-state index in [0.717, 1.165) is 17.2 Å². The Kier molecular flexibility index (Phi) is 4.15. The van der Waals surface area contributed by atoms with Crippen molar-refractivity contribution in [1.29, 1.82) is 0 Å². The van der Waals surface area contributed by atoms with Crippen LogP contribution in [0.15, 0.2) is 35.7 Å². The third-order valence-electron chi connectivity index (χ3n) is 1.91. The van der Waals surface area contributed by atoms with Crippen LogP contribution in [0.2, 0.25) is 0 Å². The predicted octanol–water partition coefficient (Wildman–Crippen LogP) is 1.17. The number of thiocarbonyl (C=S) groups is 1. The van der Waals surface area contributed by atoms with E-state index in [1.54, 1.807) is 5.38 Å². The molecule has 18 heavy (non-hydrogen) atoms. The highest BCUT2D eigenvalue weighted by atomic mass is 32.1. The Hall–Kier alpha value is -2.06. The van der Waals surface area contributed by atoms with Crippen LogP contribution in [0.5, 0.6) is 0 Å². The molecule has 3 N–H and O–H groups in total. The molecule has 1 amide bonds. The van der Waals surface area contributed by atoms with E-state index in [4.69, 9.17) is 12.2 Å². The van der Waals surface area contributed by atoms with Gasteiger partial charge in [-0.1, -0.05) is 22.7 Å². The average Bonchev–Trinajstić information content (AvgIpc) is 2.91. The molecule has 0 unspecified atom stereocenters. The predicted molar refractivity (Wildman–Crippen MR) is 73.2 cm³/mol. The maximum absolute atomic E-state index is 11.5. The highest BCUT2D eigenvalue weighted by molar-refractivity contribution is 7.80. The molecule has 0 saturated carbocycles. The Morgan fingerprint density at radius 1 is 1.22 bits per heavy atom. The zero-order valence-corrected chi connectivity index (χ0v) is 10.7. The van der Waals surface area contributed by atoms with Crippen molar-refractivity contribution in [3.63, 3.8) is 0 Å². The third-order valence-corrected chi connectivity index (χ3v) is 2.62. The first-order chi connectivity index (χ1) is 8.75. The Labute approximate surface area is 113 Å². The lowest BCUT2D eigenvalue weighted by Gasteiger charge is -2.10. The van der Waals surface area contributed by atoms with Gasteiger partial charge in [-0.3, -0.25) is 15.6 Å². The molecule has 1 aromatic carbocycles. The van der Waals surface area contributed by atoms with Gasteiger partial charge in [0.25, 0.3) is 5.91 Å². The maximum atomic E-state index is 11.5. The molecule has 2 aromatic rings. The molecular formula is C10H9N5OS2. The van der Waals surface area contributed by atoms with Crippen LogP contribution in [0, 0.1) is 0 Å². The first kappa shape index (κ1) is 12.4. The van der Waals surface area contributed by atoms with Gasteiger partial charge < -0.3 is 5.32 Å². The lowest BCUT2D eigenvalue weighted by Crippen LogP contribution is -2.43. The third kappa shape index (κ3) is 3.47. The van der Waals surface area contributed by atoms with Gasteiger partial charge in [0.05, 0.1) is 0 Å². The second-order valence-corrected chi connectivity index (χ2v) is 4.21. The number of nitrogens with one attached hydrogen (secondary N) is 3. The summed E-state index contributed by atoms with van der Waals surface area (Å²) < 4.78 is 3.59. The molecule has 92 valence electrons. The molecule has 0 fully saturated rings. The fourth-order valence-electron chi connectivity index (χ4n) is 1.12. The number of amides is 1. The lowest BCUT2D eigenvalue weighted by atomic mass is 10.3. The van der Waals surface area contributed by atoms with Gasteiger partial charge in [-0.2, -0.15) is 0 Å². The van der Waals surface area contributed by atoms with Crippen LogP contribution in [0.3, 0.4) is 0 Å². The summed E-state index contributed by atoms with van der Waals surface area (Å²) in [6.45, 7) is 0. The summed E-state index contributed by atoms with van der Waals surface area (Å²) >= 11 is 6.12. The lowest BCUT2D eigenvalue weighted by molar-refractivity contribution is 0.0939. The number of nitrogens with zero attached hydrogens (tertiary/aromatic N) is 2. The summed E-state index contributed by atoms with van der Waals surface area (Å²) in [6.07, 6.45) is 0. The van der Waals surface area contributed by atoms with Gasteiger partial charge in [0.15, 0.2) is 10.8 Å². The molecule has 1 aromatic heterocycles. The van der Waals surface area contributed by atoms with Gasteiger partial charge >= 0.3 is 0 Å². The largest absolute Gasteiger partial charge is 0.331 e. The van der Waals surface area contributed by atoms with E-state index >= 15 is 0 Å². The summed E-state index contributed by atoms with van der Waals surface area (Å²) in [5.41, 5.74) is 6.07. The molecule has 0 aliphatic rings. The van der Waals surface area contributed by atoms with Crippen molar-refractivity contribution < 1.29 is 4.79 Å². The second-order valence-electron chi connectivity index (χ2n) is 3.19.